The minimum absolute atomic E-state index is 0.716. The highest BCUT2D eigenvalue weighted by atomic mass is 79.9. The fourth-order valence-electron chi connectivity index (χ4n) is 0.685. The molecule has 0 aliphatic heterocycles. The van der Waals surface area contributed by atoms with Crippen molar-refractivity contribution in [2.45, 2.75) is 5.33 Å². The predicted molar refractivity (Wildman–Crippen MR) is 42.6 cm³/mol. The smallest absolute Gasteiger partial charge is 0.0994 e. The Labute approximate surface area is 68.4 Å². The molecule has 1 aromatic carbocycles. The van der Waals surface area contributed by atoms with Crippen LogP contribution >= 0.6 is 15.9 Å². The van der Waals surface area contributed by atoms with Crippen LogP contribution in [0.4, 0.5) is 0 Å². The van der Waals surface area contributed by atoms with Gasteiger partial charge in [0, 0.05) is 5.33 Å². The Kier molecular flexibility index (Phi) is 2.47. The van der Waals surface area contributed by atoms with Crippen LogP contribution in [0.15, 0.2) is 18.2 Å². The molecule has 0 atom stereocenters. The summed E-state index contributed by atoms with van der Waals surface area (Å²) in [6, 6.07) is 10.3. The van der Waals surface area contributed by atoms with Gasteiger partial charge in [-0.15, -0.1) is 0 Å². The zero-order chi connectivity index (χ0) is 7.40. The Morgan fingerprint density at radius 2 is 2.50 bits per heavy atom. The molecule has 10 heavy (non-hydrogen) atoms. The van der Waals surface area contributed by atoms with Gasteiger partial charge in [0.25, 0.3) is 0 Å². The van der Waals surface area contributed by atoms with E-state index in [4.69, 9.17) is 5.26 Å². The highest BCUT2D eigenvalue weighted by Gasteiger charge is 1.95. The van der Waals surface area contributed by atoms with Crippen molar-refractivity contribution < 1.29 is 0 Å². The molecule has 1 aromatic rings. The van der Waals surface area contributed by atoms with E-state index in [1.54, 1.807) is 12.1 Å². The maximum Gasteiger partial charge on any atom is 0.0994 e. The Hall–Kier alpha value is -0.810. The van der Waals surface area contributed by atoms with E-state index in [0.717, 1.165) is 11.1 Å². The summed E-state index contributed by atoms with van der Waals surface area (Å²) in [6.07, 6.45) is 0. The van der Waals surface area contributed by atoms with Crippen LogP contribution in [0.5, 0.6) is 0 Å². The molecule has 0 bridgehead atoms. The lowest BCUT2D eigenvalue weighted by molar-refractivity contribution is 1.37. The van der Waals surface area contributed by atoms with E-state index in [9.17, 15) is 0 Å². The van der Waals surface area contributed by atoms with Crippen molar-refractivity contribution in [3.8, 4) is 6.07 Å². The van der Waals surface area contributed by atoms with Crippen LogP contribution in [-0.4, -0.2) is 0 Å². The number of alkyl halides is 1. The summed E-state index contributed by atoms with van der Waals surface area (Å²) in [7, 11) is 0. The maximum absolute atomic E-state index is 8.56. The number of nitrogens with zero attached hydrogens (tertiary/aromatic N) is 1. The molecule has 0 N–H and O–H groups in total. The van der Waals surface area contributed by atoms with Gasteiger partial charge in [-0.05, 0) is 23.8 Å². The van der Waals surface area contributed by atoms with E-state index >= 15 is 0 Å². The molecule has 2 heteroatoms. The molecule has 1 rings (SSSR count). The van der Waals surface area contributed by atoms with Crippen LogP contribution in [-0.2, 0) is 5.33 Å². The van der Waals surface area contributed by atoms with Crippen LogP contribution in [0.2, 0.25) is 0 Å². The van der Waals surface area contributed by atoms with Crippen molar-refractivity contribution >= 4 is 15.9 Å². The number of hydrogen-bond acceptors (Lipinski definition) is 1. The van der Waals surface area contributed by atoms with E-state index in [-0.39, 0.29) is 0 Å². The highest BCUT2D eigenvalue weighted by Crippen LogP contribution is 2.09. The SMILES string of the molecule is N#Cc1cc[c]cc1CBr. The lowest BCUT2D eigenvalue weighted by atomic mass is 10.1. The molecule has 0 aliphatic rings. The van der Waals surface area contributed by atoms with Crippen molar-refractivity contribution in [2.24, 2.45) is 0 Å². The minimum Gasteiger partial charge on any atom is -0.192 e. The van der Waals surface area contributed by atoms with Gasteiger partial charge < -0.3 is 0 Å². The average Bonchev–Trinajstić information content (AvgIpc) is 2.04. The molecule has 0 saturated carbocycles. The molecule has 0 saturated heterocycles. The van der Waals surface area contributed by atoms with Gasteiger partial charge in [-0.2, -0.15) is 5.26 Å². The molecule has 1 radical (unpaired) electrons. The van der Waals surface area contributed by atoms with Crippen LogP contribution in [0.3, 0.4) is 0 Å². The lowest BCUT2D eigenvalue weighted by Crippen LogP contribution is -1.82. The Morgan fingerprint density at radius 1 is 1.70 bits per heavy atom. The molecule has 0 unspecified atom stereocenters. The molecular formula is C8H5BrN. The third-order valence-corrected chi connectivity index (χ3v) is 1.82. The summed E-state index contributed by atoms with van der Waals surface area (Å²) < 4.78 is 0. The summed E-state index contributed by atoms with van der Waals surface area (Å²) in [5.74, 6) is 0. The molecule has 0 spiro atoms. The van der Waals surface area contributed by atoms with E-state index in [1.165, 1.54) is 0 Å². The number of nitriles is 1. The van der Waals surface area contributed by atoms with Gasteiger partial charge in [0.2, 0.25) is 0 Å². The monoisotopic (exact) mass is 194 g/mol. The third-order valence-electron chi connectivity index (χ3n) is 1.21. The zero-order valence-corrected chi connectivity index (χ0v) is 6.85. The van der Waals surface area contributed by atoms with Crippen LogP contribution in [0.1, 0.15) is 11.1 Å². The van der Waals surface area contributed by atoms with Crippen molar-refractivity contribution in [3.05, 3.63) is 35.4 Å². The molecule has 0 fully saturated rings. The number of benzene rings is 1. The minimum atomic E-state index is 0.716. The van der Waals surface area contributed by atoms with E-state index in [1.807, 2.05) is 6.07 Å². The van der Waals surface area contributed by atoms with Gasteiger partial charge in [0.1, 0.15) is 0 Å². The van der Waals surface area contributed by atoms with E-state index < -0.39 is 0 Å². The summed E-state index contributed by atoms with van der Waals surface area (Å²) in [5.41, 5.74) is 1.71. The fraction of sp³-hybridized carbons (Fsp3) is 0.125. The van der Waals surface area contributed by atoms with E-state index in [0.29, 0.717) is 5.33 Å². The molecule has 0 aromatic heterocycles. The number of rotatable bonds is 1. The second-order valence-electron chi connectivity index (χ2n) is 1.83. The molecule has 49 valence electrons. The topological polar surface area (TPSA) is 23.8 Å². The van der Waals surface area contributed by atoms with Crippen LogP contribution in [0, 0.1) is 17.4 Å². The first kappa shape index (κ1) is 7.30. The summed E-state index contributed by atoms with van der Waals surface area (Å²) >= 11 is 3.28. The van der Waals surface area contributed by atoms with Crippen molar-refractivity contribution in [1.29, 1.82) is 5.26 Å². The second-order valence-corrected chi connectivity index (χ2v) is 2.39. The zero-order valence-electron chi connectivity index (χ0n) is 5.26. The van der Waals surface area contributed by atoms with Gasteiger partial charge in [-0.3, -0.25) is 0 Å². The van der Waals surface area contributed by atoms with Crippen LogP contribution in [0.25, 0.3) is 0 Å². The number of halogens is 1. The lowest BCUT2D eigenvalue weighted by Gasteiger charge is -1.94. The van der Waals surface area contributed by atoms with Crippen LogP contribution < -0.4 is 0 Å². The Bertz CT molecular complexity index is 262. The van der Waals surface area contributed by atoms with Gasteiger partial charge in [-0.1, -0.05) is 22.0 Å². The normalized spacial score (nSPS) is 8.80. The van der Waals surface area contributed by atoms with Gasteiger partial charge >= 0.3 is 0 Å². The van der Waals surface area contributed by atoms with Crippen molar-refractivity contribution in [1.82, 2.24) is 0 Å². The largest absolute Gasteiger partial charge is 0.192 e. The first-order valence-electron chi connectivity index (χ1n) is 2.83. The first-order valence-corrected chi connectivity index (χ1v) is 3.95. The highest BCUT2D eigenvalue weighted by molar-refractivity contribution is 9.08. The van der Waals surface area contributed by atoms with Gasteiger partial charge in [0.05, 0.1) is 11.6 Å². The molecular weight excluding hydrogens is 190 g/mol. The van der Waals surface area contributed by atoms with Crippen molar-refractivity contribution in [3.63, 3.8) is 0 Å². The first-order chi connectivity index (χ1) is 4.88. The molecule has 1 nitrogen and oxygen atoms in total. The third kappa shape index (κ3) is 1.37. The summed E-state index contributed by atoms with van der Waals surface area (Å²) in [5, 5.41) is 9.28. The average molecular weight is 195 g/mol. The predicted octanol–water partition coefficient (Wildman–Crippen LogP) is 2.25. The molecule has 0 aliphatic carbocycles. The standard InChI is InChI=1S/C8H5BrN/c9-5-7-3-1-2-4-8(7)6-10/h2-4H,5H2. The Morgan fingerprint density at radius 3 is 3.00 bits per heavy atom. The molecule has 0 heterocycles. The summed E-state index contributed by atoms with van der Waals surface area (Å²) in [4.78, 5) is 0. The fourth-order valence-corrected chi connectivity index (χ4v) is 1.15. The molecule has 0 amide bonds. The Balaban J connectivity index is 3.12. The second kappa shape index (κ2) is 3.38. The van der Waals surface area contributed by atoms with Crippen molar-refractivity contribution in [2.75, 3.05) is 0 Å². The quantitative estimate of drug-likeness (QED) is 0.630. The number of hydrogen-bond donors (Lipinski definition) is 0. The summed E-state index contributed by atoms with van der Waals surface area (Å²) in [6.45, 7) is 0. The van der Waals surface area contributed by atoms with Gasteiger partial charge in [-0.25, -0.2) is 0 Å². The maximum atomic E-state index is 8.56. The van der Waals surface area contributed by atoms with E-state index in [2.05, 4.69) is 28.1 Å². The van der Waals surface area contributed by atoms with Gasteiger partial charge in [0.15, 0.2) is 0 Å².